The van der Waals surface area contributed by atoms with Crippen molar-refractivity contribution in [3.05, 3.63) is 35.4 Å². The summed E-state index contributed by atoms with van der Waals surface area (Å²) in [5.74, 6) is 0.951. The van der Waals surface area contributed by atoms with E-state index >= 15 is 0 Å². The van der Waals surface area contributed by atoms with Crippen LogP contribution in [-0.4, -0.2) is 9.04 Å². The third-order valence-corrected chi connectivity index (χ3v) is 4.06. The molecule has 0 N–H and O–H groups in total. The highest BCUT2D eigenvalue weighted by Crippen LogP contribution is 2.23. The van der Waals surface area contributed by atoms with Crippen LogP contribution in [0.3, 0.4) is 0 Å². The van der Waals surface area contributed by atoms with Crippen molar-refractivity contribution in [3.8, 4) is 5.75 Å². The van der Waals surface area contributed by atoms with Crippen LogP contribution in [0.5, 0.6) is 5.75 Å². The Morgan fingerprint density at radius 2 is 2.06 bits per heavy atom. The number of ether oxygens (including phenoxy) is 1. The molecule has 0 amide bonds. The molecule has 3 heteroatoms. The van der Waals surface area contributed by atoms with E-state index in [1.807, 2.05) is 6.07 Å². The Morgan fingerprint density at radius 3 is 2.62 bits per heavy atom. The van der Waals surface area contributed by atoms with Crippen molar-refractivity contribution in [1.29, 1.82) is 0 Å². The van der Waals surface area contributed by atoms with E-state index < -0.39 is 0 Å². The van der Waals surface area contributed by atoms with Crippen molar-refractivity contribution in [2.45, 2.75) is 21.7 Å². The molecule has 0 bridgehead atoms. The molecule has 1 aliphatic rings. The van der Waals surface area contributed by atoms with Crippen LogP contribution in [0, 0.1) is 0 Å². The summed E-state index contributed by atoms with van der Waals surface area (Å²) in [4.78, 5) is 0. The number of hydrogen-bond donors (Lipinski definition) is 0. The van der Waals surface area contributed by atoms with Crippen molar-refractivity contribution < 1.29 is 4.74 Å². The van der Waals surface area contributed by atoms with Gasteiger partial charge in [-0.1, -0.05) is 70.3 Å². The van der Waals surface area contributed by atoms with Gasteiger partial charge in [-0.3, -0.25) is 0 Å². The molecule has 0 atom stereocenters. The quantitative estimate of drug-likeness (QED) is 0.470. The first kappa shape index (κ1) is 14.3. The van der Waals surface area contributed by atoms with Gasteiger partial charge in [-0.2, -0.15) is 0 Å². The summed E-state index contributed by atoms with van der Waals surface area (Å²) in [6, 6.07) is 6.18. The Morgan fingerprint density at radius 1 is 1.38 bits per heavy atom. The van der Waals surface area contributed by atoms with Crippen LogP contribution in [0.25, 0.3) is 6.08 Å². The molecular formula is C13H16I2O. The SMILES string of the molecule is CCC(I)I.COc1ccc2c(c1)CC=C2. The third kappa shape index (κ3) is 4.61. The van der Waals surface area contributed by atoms with E-state index in [-0.39, 0.29) is 0 Å². The van der Waals surface area contributed by atoms with Crippen LogP contribution in [0.2, 0.25) is 0 Å². The normalized spacial score (nSPS) is 12.1. The monoisotopic (exact) mass is 442 g/mol. The minimum Gasteiger partial charge on any atom is -0.497 e. The van der Waals surface area contributed by atoms with Crippen molar-refractivity contribution in [3.63, 3.8) is 0 Å². The Balaban J connectivity index is 0.000000221. The van der Waals surface area contributed by atoms with E-state index in [1.54, 1.807) is 7.11 Å². The van der Waals surface area contributed by atoms with Gasteiger partial charge in [-0.25, -0.2) is 0 Å². The summed E-state index contributed by atoms with van der Waals surface area (Å²) in [5, 5.41) is 0. The third-order valence-electron chi connectivity index (χ3n) is 2.29. The number of methoxy groups -OCH3 is 1. The predicted molar refractivity (Wildman–Crippen MR) is 87.9 cm³/mol. The Labute approximate surface area is 125 Å². The molecule has 0 saturated heterocycles. The number of hydrogen-bond acceptors (Lipinski definition) is 1. The van der Waals surface area contributed by atoms with Gasteiger partial charge in [0.15, 0.2) is 0 Å². The molecule has 0 aromatic heterocycles. The molecule has 0 radical (unpaired) electrons. The zero-order chi connectivity index (χ0) is 12.0. The highest BCUT2D eigenvalue weighted by atomic mass is 127. The van der Waals surface area contributed by atoms with Gasteiger partial charge in [-0.15, -0.1) is 0 Å². The highest BCUT2D eigenvalue weighted by molar-refractivity contribution is 14.2. The topological polar surface area (TPSA) is 9.23 Å². The van der Waals surface area contributed by atoms with Crippen molar-refractivity contribution >= 4 is 51.3 Å². The van der Waals surface area contributed by atoms with Crippen LogP contribution in [0.4, 0.5) is 0 Å². The van der Waals surface area contributed by atoms with Crippen molar-refractivity contribution in [2.24, 2.45) is 0 Å². The fourth-order valence-electron chi connectivity index (χ4n) is 1.36. The lowest BCUT2D eigenvalue weighted by molar-refractivity contribution is 0.414. The summed E-state index contributed by atoms with van der Waals surface area (Å²) in [7, 11) is 1.70. The zero-order valence-electron chi connectivity index (χ0n) is 9.54. The number of halogens is 2. The van der Waals surface area contributed by atoms with Gasteiger partial charge in [0.05, 0.1) is 9.04 Å². The van der Waals surface area contributed by atoms with E-state index in [9.17, 15) is 0 Å². The summed E-state index contributed by atoms with van der Waals surface area (Å²) >= 11 is 4.79. The Hall–Kier alpha value is 0.220. The van der Waals surface area contributed by atoms with Gasteiger partial charge in [0.2, 0.25) is 0 Å². The summed E-state index contributed by atoms with van der Waals surface area (Å²) in [5.41, 5.74) is 2.69. The fourth-order valence-corrected chi connectivity index (χ4v) is 1.36. The molecule has 1 aromatic carbocycles. The maximum Gasteiger partial charge on any atom is 0.119 e. The average Bonchev–Trinajstić information content (AvgIpc) is 2.76. The molecule has 0 saturated carbocycles. The van der Waals surface area contributed by atoms with Crippen molar-refractivity contribution in [2.75, 3.05) is 7.11 Å². The molecule has 1 aliphatic carbocycles. The van der Waals surface area contributed by atoms with E-state index in [0.717, 1.165) is 14.1 Å². The van der Waals surface area contributed by atoms with Gasteiger partial charge in [0, 0.05) is 0 Å². The molecule has 16 heavy (non-hydrogen) atoms. The Bertz CT molecular complexity index is 359. The van der Waals surface area contributed by atoms with E-state index in [4.69, 9.17) is 4.74 Å². The largest absolute Gasteiger partial charge is 0.497 e. The number of benzene rings is 1. The van der Waals surface area contributed by atoms with Crippen LogP contribution in [0.15, 0.2) is 24.3 Å². The first-order valence-corrected chi connectivity index (χ1v) is 7.78. The van der Waals surface area contributed by atoms with E-state index in [2.05, 4.69) is 76.4 Å². The lowest BCUT2D eigenvalue weighted by Crippen LogP contribution is -1.85. The standard InChI is InChI=1S/C10H10O.C3H6I2/c1-11-10-6-5-8-3-2-4-9(8)7-10;1-2-3(4)5/h2-3,5-7H,4H2,1H3;3H,2H2,1H3. The first-order valence-electron chi connectivity index (χ1n) is 5.29. The molecule has 1 nitrogen and oxygen atoms in total. The van der Waals surface area contributed by atoms with Gasteiger partial charge >= 0.3 is 0 Å². The zero-order valence-corrected chi connectivity index (χ0v) is 13.9. The number of allylic oxidation sites excluding steroid dienone is 1. The van der Waals surface area contributed by atoms with Crippen molar-refractivity contribution in [1.82, 2.24) is 0 Å². The average molecular weight is 442 g/mol. The molecule has 0 spiro atoms. The number of rotatable bonds is 2. The molecule has 0 aliphatic heterocycles. The maximum atomic E-state index is 5.11. The van der Waals surface area contributed by atoms with Gasteiger partial charge < -0.3 is 4.74 Å². The summed E-state index contributed by atoms with van der Waals surface area (Å²) < 4.78 is 5.94. The van der Waals surface area contributed by atoms with Crippen LogP contribution >= 0.6 is 45.2 Å². The molecule has 88 valence electrons. The number of fused-ring (bicyclic) bond motifs is 1. The van der Waals surface area contributed by atoms with Crippen LogP contribution in [0.1, 0.15) is 24.5 Å². The smallest absolute Gasteiger partial charge is 0.119 e. The maximum absolute atomic E-state index is 5.11. The van der Waals surface area contributed by atoms with Crippen LogP contribution < -0.4 is 4.74 Å². The lowest BCUT2D eigenvalue weighted by atomic mass is 10.1. The van der Waals surface area contributed by atoms with Gasteiger partial charge in [0.25, 0.3) is 0 Å². The molecule has 2 rings (SSSR count). The summed E-state index contributed by atoms with van der Waals surface area (Å²) in [6.45, 7) is 2.18. The minimum atomic E-state index is 0.824. The highest BCUT2D eigenvalue weighted by Gasteiger charge is 2.04. The van der Waals surface area contributed by atoms with Crippen LogP contribution in [-0.2, 0) is 6.42 Å². The summed E-state index contributed by atoms with van der Waals surface area (Å²) in [6.07, 6.45) is 6.65. The number of alkyl halides is 2. The van der Waals surface area contributed by atoms with Gasteiger partial charge in [-0.05, 0) is 36.1 Å². The molecule has 0 heterocycles. The second-order valence-electron chi connectivity index (χ2n) is 3.47. The second kappa shape index (κ2) is 7.53. The van der Waals surface area contributed by atoms with E-state index in [1.165, 1.54) is 17.5 Å². The molecular weight excluding hydrogens is 426 g/mol. The first-order chi connectivity index (χ1) is 7.67. The molecule has 0 fully saturated rings. The van der Waals surface area contributed by atoms with E-state index in [0.29, 0.717) is 0 Å². The minimum absolute atomic E-state index is 0.824. The Kier molecular flexibility index (Phi) is 6.72. The second-order valence-corrected chi connectivity index (χ2v) is 8.86. The predicted octanol–water partition coefficient (Wildman–Crippen LogP) is 4.86. The lowest BCUT2D eigenvalue weighted by Gasteiger charge is -2.02. The van der Waals surface area contributed by atoms with Gasteiger partial charge in [0.1, 0.15) is 5.75 Å². The molecule has 0 unspecified atom stereocenters. The fraction of sp³-hybridized carbons (Fsp3) is 0.385. The molecule has 1 aromatic rings.